The van der Waals surface area contributed by atoms with Gasteiger partial charge in [-0.2, -0.15) is 0 Å². The highest BCUT2D eigenvalue weighted by Gasteiger charge is 2.24. The number of aromatic nitrogens is 5. The minimum Gasteiger partial charge on any atom is -0.338 e. The number of carbonyl (C=O) groups excluding carboxylic acids is 1. The van der Waals surface area contributed by atoms with Crippen molar-refractivity contribution in [1.29, 1.82) is 0 Å². The normalized spacial score (nSPS) is 16.7. The van der Waals surface area contributed by atoms with Crippen molar-refractivity contribution < 1.29 is 4.79 Å². The molecule has 0 bridgehead atoms. The van der Waals surface area contributed by atoms with E-state index in [1.807, 2.05) is 24.0 Å². The second-order valence-electron chi connectivity index (χ2n) is 7.05. The number of nitrogens with zero attached hydrogens (tertiary/aromatic N) is 6. The van der Waals surface area contributed by atoms with Crippen molar-refractivity contribution >= 4 is 34.3 Å². The Morgan fingerprint density at radius 2 is 2.23 bits per heavy atom. The fourth-order valence-electron chi connectivity index (χ4n) is 3.34. The van der Waals surface area contributed by atoms with Crippen LogP contribution in [0.4, 0.5) is 10.9 Å². The molecule has 0 aromatic carbocycles. The molecule has 1 N–H and O–H groups in total. The third kappa shape index (κ3) is 5.04. The summed E-state index contributed by atoms with van der Waals surface area (Å²) in [7, 11) is 0. The number of hydrogen-bond donors (Lipinski definition) is 1. The molecule has 1 aliphatic rings. The fraction of sp³-hybridized carbons (Fsp3) is 0.333. The first-order valence-corrected chi connectivity index (χ1v) is 10.8. The molecule has 154 valence electrons. The molecule has 1 atom stereocenters. The lowest BCUT2D eigenvalue weighted by atomic mass is 9.95. The highest BCUT2D eigenvalue weighted by molar-refractivity contribution is 7.15. The maximum absolute atomic E-state index is 12.6. The van der Waals surface area contributed by atoms with Gasteiger partial charge in [0, 0.05) is 37.5 Å². The summed E-state index contributed by atoms with van der Waals surface area (Å²) >= 11 is 1.51. The van der Waals surface area contributed by atoms with E-state index in [9.17, 15) is 4.79 Å². The lowest BCUT2D eigenvalue weighted by Gasteiger charge is -2.31. The molecule has 3 aromatic heterocycles. The molecule has 30 heavy (non-hydrogen) atoms. The average Bonchev–Trinajstić information content (AvgIpc) is 3.26. The maximum atomic E-state index is 12.6. The van der Waals surface area contributed by atoms with Gasteiger partial charge in [-0.3, -0.25) is 14.8 Å². The molecule has 1 fully saturated rings. The van der Waals surface area contributed by atoms with Crippen molar-refractivity contribution in [2.45, 2.75) is 32.1 Å². The van der Waals surface area contributed by atoms with Gasteiger partial charge in [-0.15, -0.1) is 10.2 Å². The molecule has 9 heteroatoms. The van der Waals surface area contributed by atoms with E-state index in [-0.39, 0.29) is 11.8 Å². The van der Waals surface area contributed by atoms with Crippen molar-refractivity contribution in [2.75, 3.05) is 18.4 Å². The SMILES string of the molecule is CCc1nnc(Nc2cnc([C@H]3CCCN(C(=O)/C=C/c4cccnc4)C3)cn2)s1. The summed E-state index contributed by atoms with van der Waals surface area (Å²) in [5.41, 5.74) is 1.82. The Kier molecular flexibility index (Phi) is 6.38. The van der Waals surface area contributed by atoms with E-state index in [1.165, 1.54) is 11.3 Å². The van der Waals surface area contributed by atoms with Crippen LogP contribution in [-0.4, -0.2) is 49.0 Å². The van der Waals surface area contributed by atoms with Crippen molar-refractivity contribution in [3.8, 4) is 0 Å². The molecular weight excluding hydrogens is 398 g/mol. The summed E-state index contributed by atoms with van der Waals surface area (Å²) in [4.78, 5) is 27.6. The number of anilines is 2. The lowest BCUT2D eigenvalue weighted by molar-refractivity contribution is -0.127. The van der Waals surface area contributed by atoms with Gasteiger partial charge in [-0.05, 0) is 37.0 Å². The van der Waals surface area contributed by atoms with Crippen LogP contribution in [0.1, 0.15) is 41.9 Å². The van der Waals surface area contributed by atoms with Crippen molar-refractivity contribution in [3.05, 3.63) is 59.3 Å². The van der Waals surface area contributed by atoms with Crippen molar-refractivity contribution in [2.24, 2.45) is 0 Å². The van der Waals surface area contributed by atoms with Crippen LogP contribution in [0.3, 0.4) is 0 Å². The molecule has 3 aromatic rings. The van der Waals surface area contributed by atoms with E-state index in [2.05, 4.69) is 30.5 Å². The van der Waals surface area contributed by atoms with E-state index in [0.717, 1.165) is 42.1 Å². The third-order valence-corrected chi connectivity index (χ3v) is 5.91. The molecule has 0 aliphatic carbocycles. The minimum atomic E-state index is 0.0118. The number of hydrogen-bond acceptors (Lipinski definition) is 8. The monoisotopic (exact) mass is 421 g/mol. The lowest BCUT2D eigenvalue weighted by Crippen LogP contribution is -2.38. The number of aryl methyl sites for hydroxylation is 1. The first kappa shape index (κ1) is 20.1. The molecular formula is C21H23N7OS. The molecule has 1 aliphatic heterocycles. The van der Waals surface area contributed by atoms with Gasteiger partial charge < -0.3 is 10.2 Å². The third-order valence-electron chi connectivity index (χ3n) is 4.93. The summed E-state index contributed by atoms with van der Waals surface area (Å²) in [6.45, 7) is 3.45. The Hall–Kier alpha value is -3.20. The summed E-state index contributed by atoms with van der Waals surface area (Å²) in [6.07, 6.45) is 13.2. The van der Waals surface area contributed by atoms with Crippen LogP contribution in [0.2, 0.25) is 0 Å². The summed E-state index contributed by atoms with van der Waals surface area (Å²) < 4.78 is 0. The second kappa shape index (κ2) is 9.53. The number of nitrogens with one attached hydrogen (secondary N) is 1. The molecule has 0 saturated carbocycles. The molecule has 0 radical (unpaired) electrons. The molecule has 8 nitrogen and oxygen atoms in total. The zero-order valence-electron chi connectivity index (χ0n) is 16.7. The Bertz CT molecular complexity index is 1000. The van der Waals surface area contributed by atoms with Gasteiger partial charge in [0.2, 0.25) is 11.0 Å². The number of amides is 1. The first-order valence-electron chi connectivity index (χ1n) is 9.99. The van der Waals surface area contributed by atoms with Crippen molar-refractivity contribution in [3.63, 3.8) is 0 Å². The van der Waals surface area contributed by atoms with Gasteiger partial charge in [0.25, 0.3) is 0 Å². The van der Waals surface area contributed by atoms with Crippen LogP contribution >= 0.6 is 11.3 Å². The highest BCUT2D eigenvalue weighted by atomic mass is 32.1. The topological polar surface area (TPSA) is 96.8 Å². The first-order chi connectivity index (χ1) is 14.7. The van der Waals surface area contributed by atoms with E-state index in [1.54, 1.807) is 36.9 Å². The van der Waals surface area contributed by atoms with Gasteiger partial charge >= 0.3 is 0 Å². The molecule has 0 unspecified atom stereocenters. The molecule has 0 spiro atoms. The summed E-state index contributed by atoms with van der Waals surface area (Å²) in [6, 6.07) is 3.78. The van der Waals surface area contributed by atoms with Gasteiger partial charge in [0.15, 0.2) is 5.82 Å². The highest BCUT2D eigenvalue weighted by Crippen LogP contribution is 2.26. The largest absolute Gasteiger partial charge is 0.338 e. The van der Waals surface area contributed by atoms with E-state index in [0.29, 0.717) is 17.5 Å². The smallest absolute Gasteiger partial charge is 0.246 e. The molecule has 1 saturated heterocycles. The molecule has 4 rings (SSSR count). The Balaban J connectivity index is 1.36. The summed E-state index contributed by atoms with van der Waals surface area (Å²) in [5.74, 6) is 0.836. The van der Waals surface area contributed by atoms with E-state index < -0.39 is 0 Å². The zero-order valence-corrected chi connectivity index (χ0v) is 17.5. The molecule has 4 heterocycles. The Morgan fingerprint density at radius 1 is 1.30 bits per heavy atom. The summed E-state index contributed by atoms with van der Waals surface area (Å²) in [5, 5.41) is 13.0. The van der Waals surface area contributed by atoms with Crippen LogP contribution in [0.5, 0.6) is 0 Å². The van der Waals surface area contributed by atoms with E-state index >= 15 is 0 Å². The zero-order chi connectivity index (χ0) is 20.8. The minimum absolute atomic E-state index is 0.0118. The second-order valence-corrected chi connectivity index (χ2v) is 8.11. The predicted molar refractivity (Wildman–Crippen MR) is 116 cm³/mol. The predicted octanol–water partition coefficient (Wildman–Crippen LogP) is 3.45. The van der Waals surface area contributed by atoms with E-state index in [4.69, 9.17) is 0 Å². The maximum Gasteiger partial charge on any atom is 0.246 e. The van der Waals surface area contributed by atoms with Crippen LogP contribution in [0.25, 0.3) is 6.08 Å². The number of pyridine rings is 1. The number of piperidine rings is 1. The quantitative estimate of drug-likeness (QED) is 0.609. The standard InChI is InChI=1S/C21H23N7OS/c1-2-19-26-27-21(30-19)25-18-13-23-17(12-24-18)16-6-4-10-28(14-16)20(29)8-7-15-5-3-9-22-11-15/h3,5,7-9,11-13,16H,2,4,6,10,14H2,1H3,(H,24,25,27)/b8-7+/t16-/m0/s1. The van der Waals surface area contributed by atoms with Crippen molar-refractivity contribution in [1.82, 2.24) is 30.0 Å². The fourth-order valence-corrected chi connectivity index (χ4v) is 4.02. The van der Waals surface area contributed by atoms with Crippen LogP contribution < -0.4 is 5.32 Å². The van der Waals surface area contributed by atoms with Crippen LogP contribution in [0, 0.1) is 0 Å². The number of rotatable bonds is 6. The van der Waals surface area contributed by atoms with Gasteiger partial charge in [0.1, 0.15) is 5.01 Å². The Morgan fingerprint density at radius 3 is 2.97 bits per heavy atom. The van der Waals surface area contributed by atoms with Crippen LogP contribution in [-0.2, 0) is 11.2 Å². The average molecular weight is 422 g/mol. The van der Waals surface area contributed by atoms with Gasteiger partial charge in [-0.25, -0.2) is 4.98 Å². The van der Waals surface area contributed by atoms with Gasteiger partial charge in [-0.1, -0.05) is 24.3 Å². The molecule has 1 amide bonds. The number of carbonyl (C=O) groups is 1. The number of likely N-dealkylation sites (tertiary alicyclic amines) is 1. The van der Waals surface area contributed by atoms with Gasteiger partial charge in [0.05, 0.1) is 18.1 Å². The van der Waals surface area contributed by atoms with Crippen LogP contribution in [0.15, 0.2) is 43.0 Å². The Labute approximate surface area is 179 Å².